The summed E-state index contributed by atoms with van der Waals surface area (Å²) in [5, 5.41) is 4.46. The van der Waals surface area contributed by atoms with Crippen molar-refractivity contribution in [3.63, 3.8) is 0 Å². The van der Waals surface area contributed by atoms with Crippen molar-refractivity contribution in [2.24, 2.45) is 0 Å². The van der Waals surface area contributed by atoms with Crippen LogP contribution in [0.25, 0.3) is 0 Å². The quantitative estimate of drug-likeness (QED) is 0.579. The maximum atomic E-state index is 6.18. The average molecular weight is 424 g/mol. The second kappa shape index (κ2) is 6.49. The van der Waals surface area contributed by atoms with E-state index < -0.39 is 0 Å². The highest BCUT2D eigenvalue weighted by Gasteiger charge is 2.12. The third kappa shape index (κ3) is 3.66. The lowest BCUT2D eigenvalue weighted by molar-refractivity contribution is 0.878. The summed E-state index contributed by atoms with van der Waals surface area (Å²) in [5.41, 5.74) is 1.98. The molecule has 1 nitrogen and oxygen atoms in total. The second-order valence-electron chi connectivity index (χ2n) is 4.13. The van der Waals surface area contributed by atoms with Crippen LogP contribution >= 0.6 is 55.1 Å². The third-order valence-corrected chi connectivity index (χ3v) is 4.75. The average Bonchev–Trinajstić information content (AvgIpc) is 2.34. The lowest BCUT2D eigenvalue weighted by Crippen LogP contribution is -2.07. The molecule has 0 spiro atoms. The Bertz CT molecular complexity index is 602. The van der Waals surface area contributed by atoms with E-state index in [1.165, 1.54) is 0 Å². The van der Waals surface area contributed by atoms with Gasteiger partial charge in [-0.15, -0.1) is 0 Å². The molecule has 0 aromatic heterocycles. The largest absolute Gasteiger partial charge is 0.377 e. The molecule has 100 valence electrons. The van der Waals surface area contributed by atoms with Crippen molar-refractivity contribution in [1.29, 1.82) is 0 Å². The Labute approximate surface area is 139 Å². The second-order valence-corrected chi connectivity index (χ2v) is 6.69. The van der Waals surface area contributed by atoms with Crippen molar-refractivity contribution >= 4 is 60.7 Å². The Balaban J connectivity index is 2.25. The summed E-state index contributed by atoms with van der Waals surface area (Å²) in [4.78, 5) is 0. The minimum Gasteiger partial charge on any atom is -0.377 e. The highest BCUT2D eigenvalue weighted by atomic mass is 79.9. The van der Waals surface area contributed by atoms with Gasteiger partial charge in [-0.05, 0) is 36.8 Å². The molecular weight excluding hydrogens is 413 g/mol. The molecule has 0 fully saturated rings. The van der Waals surface area contributed by atoms with Crippen LogP contribution in [0.3, 0.4) is 0 Å². The zero-order chi connectivity index (χ0) is 14.0. The van der Waals surface area contributed by atoms with Gasteiger partial charge >= 0.3 is 0 Å². The fourth-order valence-electron chi connectivity index (χ4n) is 1.78. The van der Waals surface area contributed by atoms with E-state index in [2.05, 4.69) is 50.2 Å². The molecule has 1 atom stereocenters. The summed E-state index contributed by atoms with van der Waals surface area (Å²) in [7, 11) is 0. The van der Waals surface area contributed by atoms with Gasteiger partial charge in [-0.2, -0.15) is 0 Å². The van der Waals surface area contributed by atoms with Crippen LogP contribution in [0.5, 0.6) is 0 Å². The molecule has 1 unspecified atom stereocenters. The van der Waals surface area contributed by atoms with Gasteiger partial charge in [0.1, 0.15) is 0 Å². The maximum Gasteiger partial charge on any atom is 0.0823 e. The maximum absolute atomic E-state index is 6.18. The molecule has 1 N–H and O–H groups in total. The van der Waals surface area contributed by atoms with E-state index in [0.717, 1.165) is 20.2 Å². The number of rotatable bonds is 3. The van der Waals surface area contributed by atoms with E-state index in [0.29, 0.717) is 10.0 Å². The van der Waals surface area contributed by atoms with Crippen molar-refractivity contribution in [3.8, 4) is 0 Å². The third-order valence-electron chi connectivity index (χ3n) is 2.75. The molecule has 19 heavy (non-hydrogen) atoms. The first-order valence-electron chi connectivity index (χ1n) is 5.64. The Kier molecular flexibility index (Phi) is 5.18. The van der Waals surface area contributed by atoms with Gasteiger partial charge in [0.25, 0.3) is 0 Å². The Hall–Kier alpha value is -0.220. The lowest BCUT2D eigenvalue weighted by atomic mass is 10.1. The standard InChI is InChI=1S/C14H11Br2Cl2N/c1-8(10-6-5-9(15)7-11(10)16)19-13-4-2-3-12(17)14(13)18/h2-8,19H,1H3. The van der Waals surface area contributed by atoms with Crippen LogP contribution in [0, 0.1) is 0 Å². The molecule has 0 saturated heterocycles. The molecule has 2 aromatic carbocycles. The van der Waals surface area contributed by atoms with Crippen LogP contribution in [-0.2, 0) is 0 Å². The first-order chi connectivity index (χ1) is 8.99. The highest BCUT2D eigenvalue weighted by molar-refractivity contribution is 9.11. The van der Waals surface area contributed by atoms with E-state index in [-0.39, 0.29) is 6.04 Å². The monoisotopic (exact) mass is 421 g/mol. The van der Waals surface area contributed by atoms with Crippen molar-refractivity contribution in [1.82, 2.24) is 0 Å². The number of hydrogen-bond acceptors (Lipinski definition) is 1. The van der Waals surface area contributed by atoms with Gasteiger partial charge in [-0.3, -0.25) is 0 Å². The van der Waals surface area contributed by atoms with Gasteiger partial charge in [0.05, 0.1) is 15.7 Å². The summed E-state index contributed by atoms with van der Waals surface area (Å²) >= 11 is 19.2. The van der Waals surface area contributed by atoms with Crippen LogP contribution in [0.2, 0.25) is 10.0 Å². The molecule has 0 amide bonds. The predicted octanol–water partition coefficient (Wildman–Crippen LogP) is 6.69. The number of halogens is 4. The number of anilines is 1. The van der Waals surface area contributed by atoms with E-state index in [1.54, 1.807) is 6.07 Å². The van der Waals surface area contributed by atoms with Gasteiger partial charge in [-0.1, -0.05) is 67.2 Å². The summed E-state index contributed by atoms with van der Waals surface area (Å²) < 4.78 is 2.08. The van der Waals surface area contributed by atoms with Crippen LogP contribution in [0.15, 0.2) is 45.3 Å². The van der Waals surface area contributed by atoms with E-state index in [4.69, 9.17) is 23.2 Å². The molecule has 0 aliphatic carbocycles. The van der Waals surface area contributed by atoms with Gasteiger partial charge in [0.2, 0.25) is 0 Å². The van der Waals surface area contributed by atoms with Crippen molar-refractivity contribution < 1.29 is 0 Å². The minimum atomic E-state index is 0.110. The predicted molar refractivity (Wildman–Crippen MR) is 90.3 cm³/mol. The smallest absolute Gasteiger partial charge is 0.0823 e. The number of hydrogen-bond donors (Lipinski definition) is 1. The van der Waals surface area contributed by atoms with Gasteiger partial charge < -0.3 is 5.32 Å². The van der Waals surface area contributed by atoms with Crippen LogP contribution in [0.4, 0.5) is 5.69 Å². The van der Waals surface area contributed by atoms with Crippen molar-refractivity contribution in [2.75, 3.05) is 5.32 Å². The first-order valence-corrected chi connectivity index (χ1v) is 7.98. The Morgan fingerprint density at radius 1 is 1.11 bits per heavy atom. The minimum absolute atomic E-state index is 0.110. The van der Waals surface area contributed by atoms with E-state index in [1.807, 2.05) is 24.3 Å². The summed E-state index contributed by atoms with van der Waals surface area (Å²) in [6, 6.07) is 11.8. The first kappa shape index (κ1) is 15.2. The molecule has 2 rings (SSSR count). The summed E-state index contributed by atoms with van der Waals surface area (Å²) in [6.45, 7) is 2.07. The zero-order valence-electron chi connectivity index (χ0n) is 10.1. The highest BCUT2D eigenvalue weighted by Crippen LogP contribution is 2.34. The molecule has 2 aromatic rings. The molecular formula is C14H11Br2Cl2N. The van der Waals surface area contributed by atoms with E-state index in [9.17, 15) is 0 Å². The number of nitrogens with one attached hydrogen (secondary N) is 1. The van der Waals surface area contributed by atoms with Crippen molar-refractivity contribution in [2.45, 2.75) is 13.0 Å². The van der Waals surface area contributed by atoms with Crippen LogP contribution < -0.4 is 5.32 Å². The van der Waals surface area contributed by atoms with E-state index >= 15 is 0 Å². The molecule has 0 radical (unpaired) electrons. The fraction of sp³-hybridized carbons (Fsp3) is 0.143. The SMILES string of the molecule is CC(Nc1cccc(Cl)c1Cl)c1ccc(Br)cc1Br. The van der Waals surface area contributed by atoms with Crippen LogP contribution in [-0.4, -0.2) is 0 Å². The molecule has 0 bridgehead atoms. The normalized spacial score (nSPS) is 12.3. The van der Waals surface area contributed by atoms with Crippen molar-refractivity contribution in [3.05, 3.63) is 61.0 Å². The Morgan fingerprint density at radius 3 is 2.53 bits per heavy atom. The molecule has 0 aliphatic heterocycles. The topological polar surface area (TPSA) is 12.0 Å². The molecule has 5 heteroatoms. The van der Waals surface area contributed by atoms with Gasteiger partial charge in [-0.25, -0.2) is 0 Å². The zero-order valence-corrected chi connectivity index (χ0v) is 14.7. The lowest BCUT2D eigenvalue weighted by Gasteiger charge is -2.18. The molecule has 0 heterocycles. The molecule has 0 aliphatic rings. The molecule has 0 saturated carbocycles. The fourth-order valence-corrected chi connectivity index (χ4v) is 3.52. The van der Waals surface area contributed by atoms with Gasteiger partial charge in [0, 0.05) is 15.0 Å². The van der Waals surface area contributed by atoms with Gasteiger partial charge in [0.15, 0.2) is 0 Å². The number of benzene rings is 2. The summed E-state index contributed by atoms with van der Waals surface area (Å²) in [6.07, 6.45) is 0. The van der Waals surface area contributed by atoms with Crippen LogP contribution in [0.1, 0.15) is 18.5 Å². The Morgan fingerprint density at radius 2 is 1.84 bits per heavy atom. The summed E-state index contributed by atoms with van der Waals surface area (Å²) in [5.74, 6) is 0.